The molecular weight excluding hydrogens is 230 g/mol. The highest BCUT2D eigenvalue weighted by Gasteiger charge is 2.19. The van der Waals surface area contributed by atoms with Crippen molar-refractivity contribution in [1.29, 1.82) is 0 Å². The van der Waals surface area contributed by atoms with E-state index in [9.17, 15) is 0 Å². The fourth-order valence-electron chi connectivity index (χ4n) is 2.33. The molecule has 1 fully saturated rings. The standard InChI is InChI=1S/C13H21N3S/c1-3-16-10-11(9-15-16)8-14-12-4-6-13(17-2)7-5-12/h3,9-10,12-14H,1,4-8H2,2H3. The molecule has 1 aromatic heterocycles. The third-order valence-electron chi connectivity index (χ3n) is 3.44. The van der Waals surface area contributed by atoms with Gasteiger partial charge in [-0.15, -0.1) is 0 Å². The van der Waals surface area contributed by atoms with E-state index in [4.69, 9.17) is 0 Å². The number of hydrogen-bond donors (Lipinski definition) is 1. The van der Waals surface area contributed by atoms with Gasteiger partial charge in [0.25, 0.3) is 0 Å². The first-order chi connectivity index (χ1) is 8.31. The quantitative estimate of drug-likeness (QED) is 0.872. The number of nitrogens with zero attached hydrogens (tertiary/aromatic N) is 2. The smallest absolute Gasteiger partial charge is 0.0538 e. The normalized spacial score (nSPS) is 24.8. The third-order valence-corrected chi connectivity index (χ3v) is 4.58. The van der Waals surface area contributed by atoms with E-state index in [1.807, 2.05) is 24.2 Å². The number of aromatic nitrogens is 2. The largest absolute Gasteiger partial charge is 0.310 e. The molecule has 17 heavy (non-hydrogen) atoms. The molecule has 0 aliphatic heterocycles. The molecule has 1 N–H and O–H groups in total. The highest BCUT2D eigenvalue weighted by Crippen LogP contribution is 2.26. The van der Waals surface area contributed by atoms with Gasteiger partial charge in [0.05, 0.1) is 6.20 Å². The van der Waals surface area contributed by atoms with E-state index in [0.717, 1.165) is 11.8 Å². The summed E-state index contributed by atoms with van der Waals surface area (Å²) >= 11 is 2.02. The summed E-state index contributed by atoms with van der Waals surface area (Å²) in [5.74, 6) is 0. The second-order valence-electron chi connectivity index (χ2n) is 4.60. The maximum absolute atomic E-state index is 4.18. The lowest BCUT2D eigenvalue weighted by atomic mass is 9.95. The van der Waals surface area contributed by atoms with E-state index in [1.165, 1.54) is 31.2 Å². The van der Waals surface area contributed by atoms with Gasteiger partial charge in [0, 0.05) is 35.8 Å². The van der Waals surface area contributed by atoms with Crippen LogP contribution in [0.3, 0.4) is 0 Å². The Kier molecular flexibility index (Phi) is 4.68. The molecule has 1 aromatic rings. The summed E-state index contributed by atoms with van der Waals surface area (Å²) in [6.45, 7) is 4.61. The molecule has 0 spiro atoms. The van der Waals surface area contributed by atoms with E-state index >= 15 is 0 Å². The molecule has 1 heterocycles. The minimum absolute atomic E-state index is 0.686. The van der Waals surface area contributed by atoms with Gasteiger partial charge < -0.3 is 5.32 Å². The van der Waals surface area contributed by atoms with Crippen molar-refractivity contribution in [2.45, 2.75) is 43.5 Å². The second kappa shape index (κ2) is 6.26. The van der Waals surface area contributed by atoms with E-state index < -0.39 is 0 Å². The van der Waals surface area contributed by atoms with Gasteiger partial charge in [0.15, 0.2) is 0 Å². The summed E-state index contributed by atoms with van der Waals surface area (Å²) in [5.41, 5.74) is 1.23. The summed E-state index contributed by atoms with van der Waals surface area (Å²) in [7, 11) is 0. The predicted octanol–water partition coefficient (Wildman–Crippen LogP) is 2.75. The summed E-state index contributed by atoms with van der Waals surface area (Å²) < 4.78 is 1.75. The van der Waals surface area contributed by atoms with Crippen LogP contribution in [0.1, 0.15) is 31.2 Å². The molecule has 0 bridgehead atoms. The fraction of sp³-hybridized carbons (Fsp3) is 0.615. The van der Waals surface area contributed by atoms with Crippen molar-refractivity contribution in [3.63, 3.8) is 0 Å². The first-order valence-corrected chi connectivity index (χ1v) is 7.52. The lowest BCUT2D eigenvalue weighted by Gasteiger charge is -2.28. The van der Waals surface area contributed by atoms with Crippen LogP contribution in [-0.4, -0.2) is 27.3 Å². The molecule has 0 atom stereocenters. The van der Waals surface area contributed by atoms with Crippen molar-refractivity contribution < 1.29 is 0 Å². The van der Waals surface area contributed by atoms with Crippen LogP contribution in [0.4, 0.5) is 0 Å². The molecule has 1 saturated carbocycles. The molecule has 0 radical (unpaired) electrons. The Bertz CT molecular complexity index is 353. The first-order valence-electron chi connectivity index (χ1n) is 6.23. The van der Waals surface area contributed by atoms with Gasteiger partial charge in [-0.05, 0) is 31.9 Å². The summed E-state index contributed by atoms with van der Waals surface area (Å²) in [6.07, 6.45) is 13.2. The van der Waals surface area contributed by atoms with E-state index in [-0.39, 0.29) is 0 Å². The van der Waals surface area contributed by atoms with Gasteiger partial charge >= 0.3 is 0 Å². The van der Waals surface area contributed by atoms with Crippen molar-refractivity contribution in [1.82, 2.24) is 15.1 Å². The predicted molar refractivity (Wildman–Crippen MR) is 75.0 cm³/mol. The zero-order valence-electron chi connectivity index (χ0n) is 10.4. The van der Waals surface area contributed by atoms with Gasteiger partial charge in [0.2, 0.25) is 0 Å². The Balaban J connectivity index is 1.73. The Morgan fingerprint density at radius 3 is 2.88 bits per heavy atom. The zero-order valence-corrected chi connectivity index (χ0v) is 11.2. The van der Waals surface area contributed by atoms with Crippen LogP contribution < -0.4 is 5.32 Å². The summed E-state index contributed by atoms with van der Waals surface area (Å²) in [4.78, 5) is 0. The van der Waals surface area contributed by atoms with E-state index in [2.05, 4.69) is 23.3 Å². The Hall–Kier alpha value is -0.740. The van der Waals surface area contributed by atoms with Crippen molar-refractivity contribution in [2.75, 3.05) is 6.26 Å². The number of thioether (sulfide) groups is 1. The van der Waals surface area contributed by atoms with Crippen LogP contribution in [0, 0.1) is 0 Å². The topological polar surface area (TPSA) is 29.9 Å². The summed E-state index contributed by atoms with van der Waals surface area (Å²) in [6, 6.07) is 0.686. The van der Waals surface area contributed by atoms with Crippen LogP contribution in [0.15, 0.2) is 19.0 Å². The van der Waals surface area contributed by atoms with Gasteiger partial charge in [-0.1, -0.05) is 6.58 Å². The molecule has 0 amide bonds. The highest BCUT2D eigenvalue weighted by molar-refractivity contribution is 7.99. The maximum Gasteiger partial charge on any atom is 0.0538 e. The molecule has 1 aliphatic rings. The van der Waals surface area contributed by atoms with Crippen molar-refractivity contribution in [2.24, 2.45) is 0 Å². The molecular formula is C13H21N3S. The number of rotatable bonds is 5. The average molecular weight is 251 g/mol. The van der Waals surface area contributed by atoms with Crippen molar-refractivity contribution in [3.8, 4) is 0 Å². The molecule has 0 saturated heterocycles. The average Bonchev–Trinajstić information content (AvgIpc) is 2.85. The third kappa shape index (κ3) is 3.61. The van der Waals surface area contributed by atoms with Gasteiger partial charge in [-0.2, -0.15) is 16.9 Å². The molecule has 4 heteroatoms. The minimum atomic E-state index is 0.686. The molecule has 1 aliphatic carbocycles. The lowest BCUT2D eigenvalue weighted by molar-refractivity contribution is 0.379. The first kappa shape index (κ1) is 12.7. The molecule has 3 nitrogen and oxygen atoms in total. The van der Waals surface area contributed by atoms with E-state index in [0.29, 0.717) is 6.04 Å². The Morgan fingerprint density at radius 2 is 2.29 bits per heavy atom. The van der Waals surface area contributed by atoms with Gasteiger partial charge in [-0.25, -0.2) is 4.68 Å². The van der Waals surface area contributed by atoms with Gasteiger partial charge in [-0.3, -0.25) is 0 Å². The van der Waals surface area contributed by atoms with Gasteiger partial charge in [0.1, 0.15) is 0 Å². The Labute approximate surface area is 108 Å². The maximum atomic E-state index is 4.18. The van der Waals surface area contributed by atoms with Crippen LogP contribution in [-0.2, 0) is 6.54 Å². The monoisotopic (exact) mass is 251 g/mol. The van der Waals surface area contributed by atoms with Crippen molar-refractivity contribution in [3.05, 3.63) is 24.5 Å². The summed E-state index contributed by atoms with van der Waals surface area (Å²) in [5, 5.41) is 8.69. The van der Waals surface area contributed by atoms with E-state index in [1.54, 1.807) is 10.9 Å². The van der Waals surface area contributed by atoms with Crippen LogP contribution in [0.5, 0.6) is 0 Å². The zero-order chi connectivity index (χ0) is 12.1. The SMILES string of the molecule is C=Cn1cc(CNC2CCC(SC)CC2)cn1. The molecule has 94 valence electrons. The lowest BCUT2D eigenvalue weighted by Crippen LogP contribution is -2.33. The van der Waals surface area contributed by atoms with Crippen LogP contribution in [0.25, 0.3) is 6.20 Å². The highest BCUT2D eigenvalue weighted by atomic mass is 32.2. The minimum Gasteiger partial charge on any atom is -0.310 e. The molecule has 2 rings (SSSR count). The van der Waals surface area contributed by atoms with Crippen LogP contribution in [0.2, 0.25) is 0 Å². The number of nitrogens with one attached hydrogen (secondary N) is 1. The number of hydrogen-bond acceptors (Lipinski definition) is 3. The molecule has 0 aromatic carbocycles. The van der Waals surface area contributed by atoms with Crippen LogP contribution >= 0.6 is 11.8 Å². The Morgan fingerprint density at radius 1 is 1.53 bits per heavy atom. The fourth-order valence-corrected chi connectivity index (χ4v) is 3.08. The molecule has 0 unspecified atom stereocenters. The van der Waals surface area contributed by atoms with Crippen molar-refractivity contribution >= 4 is 18.0 Å². The second-order valence-corrected chi connectivity index (χ2v) is 5.74.